The van der Waals surface area contributed by atoms with E-state index < -0.39 is 6.10 Å². The Kier molecular flexibility index (Phi) is 2.91. The molecule has 1 aliphatic rings. The highest BCUT2D eigenvalue weighted by molar-refractivity contribution is 5.92. The summed E-state index contributed by atoms with van der Waals surface area (Å²) in [5.74, 6) is -0.269. The first-order valence-corrected chi connectivity index (χ1v) is 5.02. The Morgan fingerprint density at radius 1 is 1.47 bits per heavy atom. The van der Waals surface area contributed by atoms with E-state index in [0.717, 1.165) is 19.3 Å². The molecule has 0 saturated heterocycles. The monoisotopic (exact) mass is 207 g/mol. The van der Waals surface area contributed by atoms with Crippen molar-refractivity contribution in [3.63, 3.8) is 0 Å². The zero-order valence-corrected chi connectivity index (χ0v) is 8.26. The second-order valence-electron chi connectivity index (χ2n) is 3.67. The van der Waals surface area contributed by atoms with Crippen molar-refractivity contribution in [1.29, 1.82) is 0 Å². The van der Waals surface area contributed by atoms with Gasteiger partial charge < -0.3 is 10.4 Å². The van der Waals surface area contributed by atoms with Crippen LogP contribution >= 0.6 is 0 Å². The lowest BCUT2D eigenvalue weighted by molar-refractivity contribution is 0.0868. The molecule has 0 aromatic carbocycles. The minimum absolute atomic E-state index is 0.139. The second kappa shape index (κ2) is 4.35. The van der Waals surface area contributed by atoms with Gasteiger partial charge in [0.25, 0.3) is 5.91 Å². The number of amides is 1. The highest BCUT2D eigenvalue weighted by Gasteiger charge is 2.27. The van der Waals surface area contributed by atoms with E-state index in [-0.39, 0.29) is 17.6 Å². The molecule has 15 heavy (non-hydrogen) atoms. The molecule has 1 fully saturated rings. The summed E-state index contributed by atoms with van der Waals surface area (Å²) in [5.41, 5.74) is 0.289. The van der Waals surface area contributed by atoms with Crippen molar-refractivity contribution in [3.8, 4) is 0 Å². The van der Waals surface area contributed by atoms with Gasteiger partial charge in [0, 0.05) is 12.4 Å². The summed E-state index contributed by atoms with van der Waals surface area (Å²) < 4.78 is 0. The standard InChI is InChI=1S/C10H13N3O2/c14-9-3-1-2-7(9)13-10(15)8-6-11-4-5-12-8/h4-7,9,14H,1-3H2,(H,13,15)/t7-,9+/m0/s1. The van der Waals surface area contributed by atoms with Crippen LogP contribution in [0.4, 0.5) is 0 Å². The normalized spacial score (nSPS) is 25.1. The van der Waals surface area contributed by atoms with Crippen LogP contribution in [0.2, 0.25) is 0 Å². The topological polar surface area (TPSA) is 75.1 Å². The number of rotatable bonds is 2. The van der Waals surface area contributed by atoms with Gasteiger partial charge in [0.2, 0.25) is 0 Å². The van der Waals surface area contributed by atoms with Crippen LogP contribution in [0.3, 0.4) is 0 Å². The molecule has 0 unspecified atom stereocenters. The van der Waals surface area contributed by atoms with Crippen molar-refractivity contribution in [2.24, 2.45) is 0 Å². The molecule has 1 saturated carbocycles. The molecular formula is C10H13N3O2. The van der Waals surface area contributed by atoms with E-state index in [1.165, 1.54) is 18.6 Å². The Hall–Kier alpha value is -1.49. The number of hydrogen-bond acceptors (Lipinski definition) is 4. The molecule has 1 aliphatic carbocycles. The fraction of sp³-hybridized carbons (Fsp3) is 0.500. The molecule has 5 nitrogen and oxygen atoms in total. The summed E-state index contributed by atoms with van der Waals surface area (Å²) in [6.07, 6.45) is 6.51. The number of aliphatic hydroxyl groups excluding tert-OH is 1. The largest absolute Gasteiger partial charge is 0.391 e. The number of hydrogen-bond donors (Lipinski definition) is 2. The number of carbonyl (C=O) groups excluding carboxylic acids is 1. The van der Waals surface area contributed by atoms with Crippen LogP contribution in [0.15, 0.2) is 18.6 Å². The SMILES string of the molecule is O=C(N[C@H]1CCC[C@H]1O)c1cnccn1. The smallest absolute Gasteiger partial charge is 0.271 e. The van der Waals surface area contributed by atoms with Gasteiger partial charge in [-0.05, 0) is 19.3 Å². The summed E-state index contributed by atoms with van der Waals surface area (Å²) in [4.78, 5) is 19.3. The van der Waals surface area contributed by atoms with Gasteiger partial charge in [0.15, 0.2) is 0 Å². The predicted molar refractivity (Wildman–Crippen MR) is 53.1 cm³/mol. The molecule has 1 heterocycles. The summed E-state index contributed by atoms with van der Waals surface area (Å²) in [6, 6.07) is -0.139. The van der Waals surface area contributed by atoms with Gasteiger partial charge in [-0.25, -0.2) is 4.98 Å². The minimum Gasteiger partial charge on any atom is -0.391 e. The maximum Gasteiger partial charge on any atom is 0.271 e. The van der Waals surface area contributed by atoms with Gasteiger partial charge in [-0.1, -0.05) is 0 Å². The number of carbonyl (C=O) groups is 1. The van der Waals surface area contributed by atoms with E-state index in [2.05, 4.69) is 15.3 Å². The fourth-order valence-corrected chi connectivity index (χ4v) is 1.77. The van der Waals surface area contributed by atoms with Gasteiger partial charge in [0.05, 0.1) is 18.3 Å². The Bertz CT molecular complexity index is 342. The maximum absolute atomic E-state index is 11.6. The third kappa shape index (κ3) is 2.30. The van der Waals surface area contributed by atoms with E-state index in [9.17, 15) is 9.90 Å². The summed E-state index contributed by atoms with van der Waals surface area (Å²) in [7, 11) is 0. The second-order valence-corrected chi connectivity index (χ2v) is 3.67. The van der Waals surface area contributed by atoms with Gasteiger partial charge in [-0.2, -0.15) is 0 Å². The quantitative estimate of drug-likeness (QED) is 0.722. The molecule has 1 aromatic rings. The van der Waals surface area contributed by atoms with E-state index in [1.54, 1.807) is 0 Å². The van der Waals surface area contributed by atoms with Crippen LogP contribution in [0.25, 0.3) is 0 Å². The first kappa shape index (κ1) is 10.0. The van der Waals surface area contributed by atoms with Crippen LogP contribution in [0.5, 0.6) is 0 Å². The lowest BCUT2D eigenvalue weighted by Crippen LogP contribution is -2.40. The molecule has 2 atom stereocenters. The highest BCUT2D eigenvalue weighted by Crippen LogP contribution is 2.18. The van der Waals surface area contributed by atoms with Crippen molar-refractivity contribution in [3.05, 3.63) is 24.3 Å². The first-order chi connectivity index (χ1) is 7.27. The molecule has 80 valence electrons. The summed E-state index contributed by atoms with van der Waals surface area (Å²) >= 11 is 0. The Morgan fingerprint density at radius 3 is 2.93 bits per heavy atom. The minimum atomic E-state index is -0.425. The number of nitrogens with one attached hydrogen (secondary N) is 1. The third-order valence-electron chi connectivity index (χ3n) is 2.59. The molecular weight excluding hydrogens is 194 g/mol. The van der Waals surface area contributed by atoms with Gasteiger partial charge in [0.1, 0.15) is 5.69 Å². The molecule has 2 N–H and O–H groups in total. The van der Waals surface area contributed by atoms with Crippen molar-refractivity contribution < 1.29 is 9.90 Å². The zero-order chi connectivity index (χ0) is 10.7. The van der Waals surface area contributed by atoms with Crippen LogP contribution in [-0.2, 0) is 0 Å². The van der Waals surface area contributed by atoms with Crippen molar-refractivity contribution in [1.82, 2.24) is 15.3 Å². The lowest BCUT2D eigenvalue weighted by atomic mass is 10.2. The van der Waals surface area contributed by atoms with Gasteiger partial charge in [-0.15, -0.1) is 0 Å². The van der Waals surface area contributed by atoms with Gasteiger partial charge in [-0.3, -0.25) is 9.78 Å². The average molecular weight is 207 g/mol. The zero-order valence-electron chi connectivity index (χ0n) is 8.26. The molecule has 1 amide bonds. The van der Waals surface area contributed by atoms with Crippen molar-refractivity contribution >= 4 is 5.91 Å². The molecule has 0 aliphatic heterocycles. The number of aromatic nitrogens is 2. The van der Waals surface area contributed by atoms with Gasteiger partial charge >= 0.3 is 0 Å². The van der Waals surface area contributed by atoms with Crippen LogP contribution in [0, 0.1) is 0 Å². The number of nitrogens with zero attached hydrogens (tertiary/aromatic N) is 2. The summed E-state index contributed by atoms with van der Waals surface area (Å²) in [5, 5.41) is 12.3. The van der Waals surface area contributed by atoms with Crippen LogP contribution < -0.4 is 5.32 Å². The maximum atomic E-state index is 11.6. The predicted octanol–water partition coefficient (Wildman–Crippen LogP) is 0.120. The van der Waals surface area contributed by atoms with Crippen LogP contribution in [0.1, 0.15) is 29.8 Å². The molecule has 0 bridgehead atoms. The molecule has 0 spiro atoms. The molecule has 2 rings (SSSR count). The lowest BCUT2D eigenvalue weighted by Gasteiger charge is -2.15. The van der Waals surface area contributed by atoms with E-state index in [0.29, 0.717) is 0 Å². The Balaban J connectivity index is 1.98. The van der Waals surface area contributed by atoms with Crippen molar-refractivity contribution in [2.45, 2.75) is 31.4 Å². The first-order valence-electron chi connectivity index (χ1n) is 5.02. The summed E-state index contributed by atoms with van der Waals surface area (Å²) in [6.45, 7) is 0. The molecule has 0 radical (unpaired) electrons. The van der Waals surface area contributed by atoms with Crippen molar-refractivity contribution in [2.75, 3.05) is 0 Å². The fourth-order valence-electron chi connectivity index (χ4n) is 1.77. The van der Waals surface area contributed by atoms with E-state index >= 15 is 0 Å². The number of aliphatic hydroxyl groups is 1. The molecule has 5 heteroatoms. The van der Waals surface area contributed by atoms with Crippen LogP contribution in [-0.4, -0.2) is 33.1 Å². The van der Waals surface area contributed by atoms with E-state index in [4.69, 9.17) is 0 Å². The highest BCUT2D eigenvalue weighted by atomic mass is 16.3. The Labute approximate surface area is 87.6 Å². The van der Waals surface area contributed by atoms with E-state index in [1.807, 2.05) is 0 Å². The average Bonchev–Trinajstić information content (AvgIpc) is 2.66. The third-order valence-corrected chi connectivity index (χ3v) is 2.59. The molecule has 1 aromatic heterocycles. The Morgan fingerprint density at radius 2 is 2.33 bits per heavy atom.